The first-order valence-corrected chi connectivity index (χ1v) is 12.2. The van der Waals surface area contributed by atoms with Crippen LogP contribution in [0.2, 0.25) is 0 Å². The van der Waals surface area contributed by atoms with Crippen molar-refractivity contribution in [1.82, 2.24) is 9.80 Å². The third-order valence-electron chi connectivity index (χ3n) is 5.94. The molecule has 0 fully saturated rings. The highest BCUT2D eigenvalue weighted by atomic mass is 16.5. The van der Waals surface area contributed by atoms with Crippen molar-refractivity contribution in [2.24, 2.45) is 5.92 Å². The van der Waals surface area contributed by atoms with Crippen LogP contribution >= 0.6 is 0 Å². The predicted molar refractivity (Wildman–Crippen MR) is 140 cm³/mol. The summed E-state index contributed by atoms with van der Waals surface area (Å²) in [5, 5.41) is 0. The van der Waals surface area contributed by atoms with Gasteiger partial charge in [0.1, 0.15) is 11.5 Å². The van der Waals surface area contributed by atoms with Crippen molar-refractivity contribution >= 4 is 0 Å². The van der Waals surface area contributed by atoms with Gasteiger partial charge >= 0.3 is 0 Å². The van der Waals surface area contributed by atoms with Crippen LogP contribution in [-0.4, -0.2) is 36.5 Å². The zero-order chi connectivity index (χ0) is 23.6. The summed E-state index contributed by atoms with van der Waals surface area (Å²) in [5.41, 5.74) is 4.00. The van der Waals surface area contributed by atoms with Crippen molar-refractivity contribution in [3.8, 4) is 11.5 Å². The highest BCUT2D eigenvalue weighted by Gasteiger charge is 2.22. The monoisotopic (exact) mass is 444 g/mol. The van der Waals surface area contributed by atoms with Gasteiger partial charge in [0.05, 0.1) is 0 Å². The minimum atomic E-state index is 0.454. The van der Waals surface area contributed by atoms with Crippen molar-refractivity contribution in [2.75, 3.05) is 20.6 Å². The first-order valence-electron chi connectivity index (χ1n) is 12.2. The number of para-hydroxylation sites is 2. The topological polar surface area (TPSA) is 15.7 Å². The molecule has 3 aromatic rings. The Kier molecular flexibility index (Phi) is 9.53. The minimum Gasteiger partial charge on any atom is -0.457 e. The molecule has 0 spiro atoms. The lowest BCUT2D eigenvalue weighted by Crippen LogP contribution is -2.42. The molecular weight excluding hydrogens is 404 g/mol. The van der Waals surface area contributed by atoms with Crippen molar-refractivity contribution in [1.29, 1.82) is 0 Å². The Morgan fingerprint density at radius 2 is 1.48 bits per heavy atom. The molecule has 0 aliphatic rings. The quantitative estimate of drug-likeness (QED) is 0.298. The molecule has 0 unspecified atom stereocenters. The zero-order valence-electron chi connectivity index (χ0n) is 21.0. The molecule has 0 heterocycles. The van der Waals surface area contributed by atoms with Gasteiger partial charge in [0.25, 0.3) is 0 Å². The fourth-order valence-electron chi connectivity index (χ4n) is 4.37. The maximum absolute atomic E-state index is 6.30. The van der Waals surface area contributed by atoms with Crippen LogP contribution < -0.4 is 4.74 Å². The highest BCUT2D eigenvalue weighted by molar-refractivity contribution is 5.38. The Hall–Kier alpha value is -2.62. The van der Waals surface area contributed by atoms with Crippen molar-refractivity contribution in [2.45, 2.75) is 52.7 Å². The summed E-state index contributed by atoms with van der Waals surface area (Å²) in [6.07, 6.45) is 2.22. The van der Waals surface area contributed by atoms with E-state index in [0.717, 1.165) is 44.0 Å². The third-order valence-corrected chi connectivity index (χ3v) is 5.94. The van der Waals surface area contributed by atoms with Crippen molar-refractivity contribution in [3.63, 3.8) is 0 Å². The van der Waals surface area contributed by atoms with Gasteiger partial charge in [-0.3, -0.25) is 4.90 Å². The van der Waals surface area contributed by atoms with E-state index in [0.29, 0.717) is 12.0 Å². The van der Waals surface area contributed by atoms with E-state index in [1.165, 1.54) is 16.7 Å². The molecule has 176 valence electrons. The molecule has 3 rings (SSSR count). The van der Waals surface area contributed by atoms with Gasteiger partial charge in [-0.15, -0.1) is 0 Å². The maximum Gasteiger partial charge on any atom is 0.131 e. The van der Waals surface area contributed by atoms with Crippen LogP contribution in [0.25, 0.3) is 0 Å². The summed E-state index contributed by atoms with van der Waals surface area (Å²) in [6, 6.07) is 28.0. The van der Waals surface area contributed by atoms with Gasteiger partial charge in [0.2, 0.25) is 0 Å². The maximum atomic E-state index is 6.30. The van der Waals surface area contributed by atoms with Gasteiger partial charge in [-0.1, -0.05) is 81.4 Å². The average molecular weight is 445 g/mol. The normalized spacial score (nSPS) is 12.5. The molecule has 33 heavy (non-hydrogen) atoms. The molecule has 0 saturated carbocycles. The molecule has 0 aliphatic heterocycles. The molecule has 3 heteroatoms. The Labute approximate surface area is 201 Å². The van der Waals surface area contributed by atoms with Crippen molar-refractivity contribution < 1.29 is 4.74 Å². The zero-order valence-corrected chi connectivity index (χ0v) is 21.0. The number of hydrogen-bond acceptors (Lipinski definition) is 3. The van der Waals surface area contributed by atoms with E-state index in [1.807, 2.05) is 30.3 Å². The summed E-state index contributed by atoms with van der Waals surface area (Å²) in [4.78, 5) is 4.96. The second-order valence-electron chi connectivity index (χ2n) is 9.65. The lowest BCUT2D eigenvalue weighted by atomic mass is 9.99. The Balaban J connectivity index is 1.91. The number of likely N-dealkylation sites (N-methyl/N-ethyl adjacent to an activating group) is 1. The molecule has 3 nitrogen and oxygen atoms in total. The first kappa shape index (κ1) is 25.0. The second-order valence-corrected chi connectivity index (χ2v) is 9.65. The van der Waals surface area contributed by atoms with Crippen LogP contribution in [0.4, 0.5) is 0 Å². The smallest absolute Gasteiger partial charge is 0.131 e. The molecule has 0 radical (unpaired) electrons. The minimum absolute atomic E-state index is 0.454. The second kappa shape index (κ2) is 12.6. The Morgan fingerprint density at radius 3 is 2.18 bits per heavy atom. The van der Waals surface area contributed by atoms with Crippen LogP contribution in [0, 0.1) is 5.92 Å². The van der Waals surface area contributed by atoms with Gasteiger partial charge < -0.3 is 9.64 Å². The van der Waals surface area contributed by atoms with E-state index in [-0.39, 0.29) is 0 Å². The van der Waals surface area contributed by atoms with Crippen molar-refractivity contribution in [3.05, 3.63) is 95.6 Å². The van der Waals surface area contributed by atoms with Crippen LogP contribution in [0.3, 0.4) is 0 Å². The molecule has 0 saturated heterocycles. The fourth-order valence-corrected chi connectivity index (χ4v) is 4.37. The van der Waals surface area contributed by atoms with Gasteiger partial charge in [-0.05, 0) is 62.2 Å². The van der Waals surface area contributed by atoms with Crippen LogP contribution in [0.15, 0.2) is 78.9 Å². The van der Waals surface area contributed by atoms with Crippen LogP contribution in [0.5, 0.6) is 11.5 Å². The Bertz CT molecular complexity index is 958. The predicted octanol–water partition coefficient (Wildman–Crippen LogP) is 7.02. The molecular formula is C30H40N2O. The van der Waals surface area contributed by atoms with E-state index in [1.54, 1.807) is 0 Å². The first-order chi connectivity index (χ1) is 15.9. The molecule has 0 aromatic heterocycles. The summed E-state index contributed by atoms with van der Waals surface area (Å²) in [5.74, 6) is 2.44. The molecule has 0 aliphatic carbocycles. The Morgan fingerprint density at radius 1 is 0.788 bits per heavy atom. The third kappa shape index (κ3) is 8.03. The molecule has 3 aromatic carbocycles. The van der Waals surface area contributed by atoms with E-state index in [9.17, 15) is 0 Å². The SMILES string of the molecule is CCc1cccc(CN(Cc2ccccc2Oc2ccccc2)[C@@H](CC(C)C)CN(C)C)c1. The van der Waals surface area contributed by atoms with E-state index >= 15 is 0 Å². The lowest BCUT2D eigenvalue weighted by molar-refractivity contribution is 0.126. The number of aryl methyl sites for hydroxylation is 1. The standard InChI is InChI=1S/C30H40N2O/c1-6-25-13-12-14-26(20-25)21-32(28(19-24(2)3)23-31(4)5)22-27-15-10-11-18-30(27)33-29-16-8-7-9-17-29/h7-18,20,24,28H,6,19,21-23H2,1-5H3/t28-/m0/s1. The van der Waals surface area contributed by atoms with Gasteiger partial charge in [-0.2, -0.15) is 0 Å². The number of rotatable bonds is 12. The van der Waals surface area contributed by atoms with Gasteiger partial charge in [0.15, 0.2) is 0 Å². The number of nitrogens with zero attached hydrogens (tertiary/aromatic N) is 2. The molecule has 1 atom stereocenters. The van der Waals surface area contributed by atoms with E-state index in [4.69, 9.17) is 4.74 Å². The molecule has 0 amide bonds. The summed E-state index contributed by atoms with van der Waals surface area (Å²) < 4.78 is 6.30. The molecule has 0 bridgehead atoms. The summed E-state index contributed by atoms with van der Waals surface area (Å²) >= 11 is 0. The largest absolute Gasteiger partial charge is 0.457 e. The summed E-state index contributed by atoms with van der Waals surface area (Å²) in [7, 11) is 4.35. The molecule has 0 N–H and O–H groups in total. The average Bonchev–Trinajstić information content (AvgIpc) is 2.79. The van der Waals surface area contributed by atoms with Gasteiger partial charge in [-0.25, -0.2) is 0 Å². The highest BCUT2D eigenvalue weighted by Crippen LogP contribution is 2.28. The van der Waals surface area contributed by atoms with Crippen LogP contribution in [-0.2, 0) is 19.5 Å². The van der Waals surface area contributed by atoms with Crippen LogP contribution in [0.1, 0.15) is 43.9 Å². The summed E-state index contributed by atoms with van der Waals surface area (Å²) in [6.45, 7) is 9.69. The van der Waals surface area contributed by atoms with Gasteiger partial charge in [0, 0.05) is 31.2 Å². The fraction of sp³-hybridized carbons (Fsp3) is 0.400. The number of ether oxygens (including phenoxy) is 1. The van der Waals surface area contributed by atoms with E-state index in [2.05, 4.69) is 93.2 Å². The van der Waals surface area contributed by atoms with E-state index < -0.39 is 0 Å². The number of benzene rings is 3. The lowest BCUT2D eigenvalue weighted by Gasteiger charge is -2.35. The number of hydrogen-bond donors (Lipinski definition) is 0.